The van der Waals surface area contributed by atoms with E-state index < -0.39 is 24.2 Å². The number of nitrogens with one attached hydrogen (secondary N) is 1. The molecule has 1 saturated carbocycles. The summed E-state index contributed by atoms with van der Waals surface area (Å²) in [5.41, 5.74) is 4.58. The number of rotatable bonds is 6. The van der Waals surface area contributed by atoms with E-state index in [1.165, 1.54) is 15.8 Å². The molecule has 1 aromatic heterocycles. The van der Waals surface area contributed by atoms with Crippen LogP contribution < -0.4 is 11.1 Å². The monoisotopic (exact) mass is 412 g/mol. The molecule has 8 nitrogen and oxygen atoms in total. The van der Waals surface area contributed by atoms with Gasteiger partial charge in [0.15, 0.2) is 5.82 Å². The second-order valence-corrected chi connectivity index (χ2v) is 7.77. The highest BCUT2D eigenvalue weighted by Gasteiger charge is 2.41. The Labute approximate surface area is 165 Å². The van der Waals surface area contributed by atoms with E-state index >= 15 is 0 Å². The van der Waals surface area contributed by atoms with E-state index in [4.69, 9.17) is 5.73 Å². The fraction of sp³-hybridized carbons (Fsp3) is 0.667. The lowest BCUT2D eigenvalue weighted by atomic mass is 9.85. The SMILES string of the molecule is N#CCC1(n2cc(C(N)=O)c(NC(=O)C3CCC3)n2)CCN(CC(F)(F)F)CC1. The third-order valence-electron chi connectivity index (χ3n) is 5.78. The van der Waals surface area contributed by atoms with Crippen molar-refractivity contribution in [3.63, 3.8) is 0 Å². The van der Waals surface area contributed by atoms with E-state index in [1.54, 1.807) is 0 Å². The number of anilines is 1. The van der Waals surface area contributed by atoms with Crippen molar-refractivity contribution >= 4 is 17.6 Å². The smallest absolute Gasteiger partial charge is 0.365 e. The fourth-order valence-electron chi connectivity index (χ4n) is 3.79. The molecule has 3 rings (SSSR count). The number of halogens is 3. The van der Waals surface area contributed by atoms with Crippen LogP contribution in [0.15, 0.2) is 6.20 Å². The quantitative estimate of drug-likeness (QED) is 0.741. The molecule has 158 valence electrons. The van der Waals surface area contributed by atoms with Gasteiger partial charge in [-0.2, -0.15) is 23.5 Å². The molecule has 29 heavy (non-hydrogen) atoms. The molecule has 2 amide bonds. The van der Waals surface area contributed by atoms with Gasteiger partial charge in [-0.3, -0.25) is 19.2 Å². The largest absolute Gasteiger partial charge is 0.401 e. The number of carbonyl (C=O) groups excluding carboxylic acids is 2. The molecule has 11 heteroatoms. The number of likely N-dealkylation sites (tertiary alicyclic amines) is 1. The van der Waals surface area contributed by atoms with Crippen molar-refractivity contribution in [3.05, 3.63) is 11.8 Å². The molecule has 1 aromatic rings. The van der Waals surface area contributed by atoms with Crippen LogP contribution in [0.3, 0.4) is 0 Å². The highest BCUT2D eigenvalue weighted by Crippen LogP contribution is 2.36. The lowest BCUT2D eigenvalue weighted by Crippen LogP contribution is -2.48. The van der Waals surface area contributed by atoms with Gasteiger partial charge in [-0.05, 0) is 25.7 Å². The van der Waals surface area contributed by atoms with Crippen LogP contribution in [0.1, 0.15) is 48.9 Å². The molecule has 0 aromatic carbocycles. The van der Waals surface area contributed by atoms with Gasteiger partial charge in [0.1, 0.15) is 5.56 Å². The van der Waals surface area contributed by atoms with E-state index in [0.717, 1.165) is 19.3 Å². The Morgan fingerprint density at radius 3 is 2.48 bits per heavy atom. The number of piperidine rings is 1. The molecule has 2 fully saturated rings. The maximum atomic E-state index is 12.7. The summed E-state index contributed by atoms with van der Waals surface area (Å²) in [6, 6.07) is 2.07. The molecule has 0 unspecified atom stereocenters. The Balaban J connectivity index is 1.82. The zero-order chi connectivity index (χ0) is 21.2. The molecule has 0 spiro atoms. The summed E-state index contributed by atoms with van der Waals surface area (Å²) < 4.78 is 39.4. The number of nitriles is 1. The van der Waals surface area contributed by atoms with Crippen molar-refractivity contribution in [2.45, 2.75) is 50.2 Å². The number of hydrogen-bond acceptors (Lipinski definition) is 5. The summed E-state index contributed by atoms with van der Waals surface area (Å²) in [4.78, 5) is 25.4. The summed E-state index contributed by atoms with van der Waals surface area (Å²) >= 11 is 0. The molecular formula is C18H23F3N6O2. The van der Waals surface area contributed by atoms with Crippen molar-refractivity contribution in [1.29, 1.82) is 5.26 Å². The fourth-order valence-corrected chi connectivity index (χ4v) is 3.79. The first kappa shape index (κ1) is 21.1. The van der Waals surface area contributed by atoms with Crippen molar-refractivity contribution in [2.75, 3.05) is 25.0 Å². The zero-order valence-electron chi connectivity index (χ0n) is 15.8. The highest BCUT2D eigenvalue weighted by atomic mass is 19.4. The van der Waals surface area contributed by atoms with E-state index in [1.807, 2.05) is 0 Å². The summed E-state index contributed by atoms with van der Waals surface area (Å²) in [5, 5.41) is 16.3. The number of carbonyl (C=O) groups is 2. The number of nitrogens with zero attached hydrogens (tertiary/aromatic N) is 4. The van der Waals surface area contributed by atoms with E-state index in [-0.39, 0.29) is 55.6 Å². The number of hydrogen-bond donors (Lipinski definition) is 2. The van der Waals surface area contributed by atoms with E-state index in [9.17, 15) is 28.0 Å². The number of amides is 2. The van der Waals surface area contributed by atoms with Gasteiger partial charge in [0.05, 0.1) is 24.6 Å². The molecular weight excluding hydrogens is 389 g/mol. The first-order valence-electron chi connectivity index (χ1n) is 9.50. The van der Waals surface area contributed by atoms with Crippen molar-refractivity contribution in [3.8, 4) is 6.07 Å². The van der Waals surface area contributed by atoms with Gasteiger partial charge in [0, 0.05) is 25.2 Å². The van der Waals surface area contributed by atoms with Gasteiger partial charge in [0.25, 0.3) is 5.91 Å². The number of alkyl halides is 3. The standard InChI is InChI=1S/C18H23F3N6O2/c19-18(20,21)11-26-8-5-17(4-7-22,6-9-26)27-10-13(14(23)28)15(25-27)24-16(29)12-2-1-3-12/h10,12H,1-6,8-9,11H2,(H2,23,28)(H,24,25,29). The molecule has 0 atom stereocenters. The van der Waals surface area contributed by atoms with Crippen LogP contribution in [-0.4, -0.2) is 52.3 Å². The lowest BCUT2D eigenvalue weighted by Gasteiger charge is -2.40. The summed E-state index contributed by atoms with van der Waals surface area (Å²) in [6.45, 7) is -0.739. The first-order chi connectivity index (χ1) is 13.6. The Bertz CT molecular complexity index is 817. The Morgan fingerprint density at radius 1 is 1.34 bits per heavy atom. The average molecular weight is 412 g/mol. The van der Waals surface area contributed by atoms with Crippen molar-refractivity contribution < 1.29 is 22.8 Å². The lowest BCUT2D eigenvalue weighted by molar-refractivity contribution is -0.150. The molecule has 2 heterocycles. The van der Waals surface area contributed by atoms with Crippen LogP contribution in [0, 0.1) is 17.2 Å². The van der Waals surface area contributed by atoms with Gasteiger partial charge >= 0.3 is 6.18 Å². The maximum absolute atomic E-state index is 12.7. The van der Waals surface area contributed by atoms with Crippen LogP contribution >= 0.6 is 0 Å². The third kappa shape index (κ3) is 4.70. The molecule has 2 aliphatic rings. The van der Waals surface area contributed by atoms with Gasteiger partial charge in [-0.25, -0.2) is 0 Å². The van der Waals surface area contributed by atoms with Gasteiger partial charge in [-0.1, -0.05) is 6.42 Å². The summed E-state index contributed by atoms with van der Waals surface area (Å²) in [7, 11) is 0. The number of aromatic nitrogens is 2. The first-order valence-corrected chi connectivity index (χ1v) is 9.50. The van der Waals surface area contributed by atoms with Crippen LogP contribution in [0.2, 0.25) is 0 Å². The van der Waals surface area contributed by atoms with E-state index in [2.05, 4.69) is 16.5 Å². The summed E-state index contributed by atoms with van der Waals surface area (Å²) in [5.74, 6) is -1.11. The van der Waals surface area contributed by atoms with Crippen LogP contribution in [0.25, 0.3) is 0 Å². The Hall–Kier alpha value is -2.61. The number of primary amides is 1. The Morgan fingerprint density at radius 2 is 2.00 bits per heavy atom. The maximum Gasteiger partial charge on any atom is 0.401 e. The zero-order valence-corrected chi connectivity index (χ0v) is 15.8. The third-order valence-corrected chi connectivity index (χ3v) is 5.78. The Kier molecular flexibility index (Phi) is 5.84. The topological polar surface area (TPSA) is 117 Å². The average Bonchev–Trinajstić information content (AvgIpc) is 2.98. The van der Waals surface area contributed by atoms with Crippen LogP contribution in [0.5, 0.6) is 0 Å². The molecule has 0 bridgehead atoms. The van der Waals surface area contributed by atoms with Gasteiger partial charge < -0.3 is 11.1 Å². The molecule has 1 aliphatic carbocycles. The number of nitrogens with two attached hydrogens (primary N) is 1. The minimum Gasteiger partial charge on any atom is -0.365 e. The normalized spacial score (nSPS) is 19.9. The van der Waals surface area contributed by atoms with Crippen LogP contribution in [-0.2, 0) is 10.3 Å². The second kappa shape index (κ2) is 8.02. The molecule has 0 radical (unpaired) electrons. The van der Waals surface area contributed by atoms with Gasteiger partial charge in [0.2, 0.25) is 5.91 Å². The molecule has 1 aliphatic heterocycles. The van der Waals surface area contributed by atoms with Crippen molar-refractivity contribution in [2.24, 2.45) is 11.7 Å². The van der Waals surface area contributed by atoms with Crippen molar-refractivity contribution in [1.82, 2.24) is 14.7 Å². The van der Waals surface area contributed by atoms with Gasteiger partial charge in [-0.15, -0.1) is 0 Å². The van der Waals surface area contributed by atoms with E-state index in [0.29, 0.717) is 0 Å². The summed E-state index contributed by atoms with van der Waals surface area (Å²) in [6.07, 6.45) is 0.128. The highest BCUT2D eigenvalue weighted by molar-refractivity contribution is 6.02. The second-order valence-electron chi connectivity index (χ2n) is 7.77. The predicted molar refractivity (Wildman–Crippen MR) is 96.6 cm³/mol. The minimum atomic E-state index is -4.29. The predicted octanol–water partition coefficient (Wildman–Crippen LogP) is 1.99. The molecule has 3 N–H and O–H groups in total. The molecule has 1 saturated heterocycles. The minimum absolute atomic E-state index is 0.0166. The van der Waals surface area contributed by atoms with Crippen LogP contribution in [0.4, 0.5) is 19.0 Å².